The monoisotopic (exact) mass is 342 g/mol. The number of hydrogen-bond acceptors (Lipinski definition) is 6. The molecule has 0 N–H and O–H groups in total. The molecule has 23 heavy (non-hydrogen) atoms. The second kappa shape index (κ2) is 8.73. The van der Waals surface area contributed by atoms with Gasteiger partial charge in [0.2, 0.25) is 0 Å². The molecule has 9 heteroatoms. The minimum absolute atomic E-state index is 0.122. The Balaban J connectivity index is 5.01. The zero-order chi connectivity index (χ0) is 18.3. The number of carbonyl (C=O) groups is 3. The first-order chi connectivity index (χ1) is 10.4. The zero-order valence-electron chi connectivity index (χ0n) is 13.5. The molecule has 0 bridgehead atoms. The molecule has 0 aromatic heterocycles. The van der Waals surface area contributed by atoms with Gasteiger partial charge in [-0.1, -0.05) is 6.92 Å². The standard InChI is InChI=1S/C14H21F3O6/c1-5-6-10(18)23-13(2,3)9(7-11(19)21-4)8-22-12(20)14(15,16)17/h9H,5-8H2,1-4H3. The van der Waals surface area contributed by atoms with Crippen LogP contribution in [-0.2, 0) is 28.6 Å². The van der Waals surface area contributed by atoms with Crippen LogP contribution in [0.1, 0.15) is 40.0 Å². The fourth-order valence-corrected chi connectivity index (χ4v) is 1.68. The van der Waals surface area contributed by atoms with E-state index < -0.39 is 42.2 Å². The smallest absolute Gasteiger partial charge is 0.469 e. The molecule has 0 aromatic rings. The van der Waals surface area contributed by atoms with Gasteiger partial charge in [0.25, 0.3) is 0 Å². The first kappa shape index (κ1) is 21.2. The lowest BCUT2D eigenvalue weighted by Crippen LogP contribution is -2.42. The highest BCUT2D eigenvalue weighted by atomic mass is 19.4. The van der Waals surface area contributed by atoms with E-state index in [2.05, 4.69) is 9.47 Å². The van der Waals surface area contributed by atoms with Gasteiger partial charge in [-0.05, 0) is 20.3 Å². The molecule has 0 heterocycles. The highest BCUT2D eigenvalue weighted by Crippen LogP contribution is 2.27. The summed E-state index contributed by atoms with van der Waals surface area (Å²) in [7, 11) is 1.11. The second-order valence-electron chi connectivity index (χ2n) is 5.40. The number of hydrogen-bond donors (Lipinski definition) is 0. The van der Waals surface area contributed by atoms with Gasteiger partial charge in [-0.3, -0.25) is 9.59 Å². The second-order valence-corrected chi connectivity index (χ2v) is 5.40. The minimum Gasteiger partial charge on any atom is -0.469 e. The summed E-state index contributed by atoms with van der Waals surface area (Å²) in [5.41, 5.74) is -1.31. The molecule has 1 atom stereocenters. The molecule has 0 amide bonds. The summed E-state index contributed by atoms with van der Waals surface area (Å²) in [5, 5.41) is 0. The molecule has 0 rings (SSSR count). The van der Waals surface area contributed by atoms with Crippen molar-refractivity contribution in [2.75, 3.05) is 13.7 Å². The van der Waals surface area contributed by atoms with Gasteiger partial charge >= 0.3 is 24.1 Å². The van der Waals surface area contributed by atoms with Crippen molar-refractivity contribution in [1.82, 2.24) is 0 Å². The number of esters is 3. The Hall–Kier alpha value is -1.80. The van der Waals surface area contributed by atoms with Gasteiger partial charge in [-0.2, -0.15) is 13.2 Å². The quantitative estimate of drug-likeness (QED) is 0.498. The van der Waals surface area contributed by atoms with Gasteiger partial charge in [0.15, 0.2) is 0 Å². The Morgan fingerprint density at radius 3 is 2.09 bits per heavy atom. The van der Waals surface area contributed by atoms with Gasteiger partial charge in [-0.25, -0.2) is 4.79 Å². The summed E-state index contributed by atoms with van der Waals surface area (Å²) in [6, 6.07) is 0. The number of rotatable bonds is 8. The lowest BCUT2D eigenvalue weighted by molar-refractivity contribution is -0.204. The van der Waals surface area contributed by atoms with Gasteiger partial charge < -0.3 is 14.2 Å². The summed E-state index contributed by atoms with van der Waals surface area (Å²) in [5.74, 6) is -4.64. The van der Waals surface area contributed by atoms with Crippen LogP contribution in [0, 0.1) is 5.92 Å². The van der Waals surface area contributed by atoms with Crippen LogP contribution in [-0.4, -0.2) is 43.4 Å². The molecule has 0 saturated carbocycles. The molecule has 0 aliphatic carbocycles. The van der Waals surface area contributed by atoms with E-state index in [1.165, 1.54) is 13.8 Å². The summed E-state index contributed by atoms with van der Waals surface area (Å²) < 4.78 is 50.4. The maximum atomic E-state index is 12.2. The van der Waals surface area contributed by atoms with Crippen LogP contribution in [0.25, 0.3) is 0 Å². The molecule has 0 aliphatic heterocycles. The van der Waals surface area contributed by atoms with Crippen LogP contribution in [0.4, 0.5) is 13.2 Å². The number of alkyl halides is 3. The molecule has 0 aromatic carbocycles. The molecular weight excluding hydrogens is 321 g/mol. The number of carbonyl (C=O) groups excluding carboxylic acids is 3. The van der Waals surface area contributed by atoms with Crippen LogP contribution in [0.2, 0.25) is 0 Å². The zero-order valence-corrected chi connectivity index (χ0v) is 13.5. The topological polar surface area (TPSA) is 78.9 Å². The van der Waals surface area contributed by atoms with E-state index in [0.717, 1.165) is 7.11 Å². The van der Waals surface area contributed by atoms with E-state index >= 15 is 0 Å². The number of ether oxygens (including phenoxy) is 3. The van der Waals surface area contributed by atoms with Crippen molar-refractivity contribution in [1.29, 1.82) is 0 Å². The van der Waals surface area contributed by atoms with Crippen LogP contribution in [0.3, 0.4) is 0 Å². The van der Waals surface area contributed by atoms with E-state index in [4.69, 9.17) is 4.74 Å². The third-order valence-corrected chi connectivity index (χ3v) is 3.10. The van der Waals surface area contributed by atoms with E-state index in [1.54, 1.807) is 6.92 Å². The maximum Gasteiger partial charge on any atom is 0.490 e. The van der Waals surface area contributed by atoms with Gasteiger partial charge in [0, 0.05) is 12.3 Å². The largest absolute Gasteiger partial charge is 0.490 e. The van der Waals surface area contributed by atoms with Gasteiger partial charge in [0.1, 0.15) is 5.60 Å². The third-order valence-electron chi connectivity index (χ3n) is 3.10. The van der Waals surface area contributed by atoms with Crippen LogP contribution in [0.5, 0.6) is 0 Å². The normalized spacial score (nSPS) is 13.2. The molecule has 1 unspecified atom stereocenters. The van der Waals surface area contributed by atoms with Crippen LogP contribution >= 0.6 is 0 Å². The van der Waals surface area contributed by atoms with E-state index in [9.17, 15) is 27.6 Å². The first-order valence-electron chi connectivity index (χ1n) is 6.96. The summed E-state index contributed by atoms with van der Waals surface area (Å²) in [4.78, 5) is 33.8. The predicted molar refractivity (Wildman–Crippen MR) is 72.2 cm³/mol. The molecule has 0 fully saturated rings. The molecule has 0 saturated heterocycles. The molecule has 134 valence electrons. The Morgan fingerprint density at radius 1 is 1.09 bits per heavy atom. The number of methoxy groups -OCH3 is 1. The fourth-order valence-electron chi connectivity index (χ4n) is 1.68. The molecule has 0 radical (unpaired) electrons. The molecule has 0 aliphatic rings. The molecule has 6 nitrogen and oxygen atoms in total. The highest BCUT2D eigenvalue weighted by molar-refractivity contribution is 5.75. The van der Waals surface area contributed by atoms with Crippen molar-refractivity contribution in [2.45, 2.75) is 51.8 Å². The van der Waals surface area contributed by atoms with Crippen molar-refractivity contribution >= 4 is 17.9 Å². The Morgan fingerprint density at radius 2 is 1.65 bits per heavy atom. The average molecular weight is 342 g/mol. The van der Waals surface area contributed by atoms with E-state index in [1.807, 2.05) is 0 Å². The summed E-state index contributed by atoms with van der Waals surface area (Å²) >= 11 is 0. The highest BCUT2D eigenvalue weighted by Gasteiger charge is 2.43. The number of halogens is 3. The first-order valence-corrected chi connectivity index (χ1v) is 6.96. The van der Waals surface area contributed by atoms with Crippen LogP contribution < -0.4 is 0 Å². The van der Waals surface area contributed by atoms with Crippen molar-refractivity contribution in [3.63, 3.8) is 0 Å². The van der Waals surface area contributed by atoms with Crippen molar-refractivity contribution < 1.29 is 41.8 Å². The maximum absolute atomic E-state index is 12.2. The lowest BCUT2D eigenvalue weighted by Gasteiger charge is -2.33. The SMILES string of the molecule is CCCC(=O)OC(C)(C)C(COC(=O)C(F)(F)F)CC(=O)OC. The Bertz CT molecular complexity index is 431. The predicted octanol–water partition coefficient (Wildman–Crippen LogP) is 2.39. The van der Waals surface area contributed by atoms with E-state index in [0.29, 0.717) is 6.42 Å². The van der Waals surface area contributed by atoms with Gasteiger partial charge in [0.05, 0.1) is 20.1 Å². The Kier molecular flexibility index (Phi) is 8.05. The summed E-state index contributed by atoms with van der Waals surface area (Å²) in [6.07, 6.45) is -4.86. The van der Waals surface area contributed by atoms with Crippen LogP contribution in [0.15, 0.2) is 0 Å². The average Bonchev–Trinajstić information content (AvgIpc) is 2.40. The third kappa shape index (κ3) is 7.85. The fraction of sp³-hybridized carbons (Fsp3) is 0.786. The Labute approximate surface area is 132 Å². The van der Waals surface area contributed by atoms with E-state index in [-0.39, 0.29) is 12.8 Å². The minimum atomic E-state index is -5.14. The van der Waals surface area contributed by atoms with Crippen molar-refractivity contribution in [2.24, 2.45) is 5.92 Å². The van der Waals surface area contributed by atoms with Crippen molar-refractivity contribution in [3.8, 4) is 0 Å². The molecular formula is C14H21F3O6. The molecule has 0 spiro atoms. The lowest BCUT2D eigenvalue weighted by atomic mass is 9.88. The van der Waals surface area contributed by atoms with Gasteiger partial charge in [-0.15, -0.1) is 0 Å². The summed E-state index contributed by atoms with van der Waals surface area (Å²) in [6.45, 7) is 3.87. The van der Waals surface area contributed by atoms with Crippen molar-refractivity contribution in [3.05, 3.63) is 0 Å².